The van der Waals surface area contributed by atoms with Gasteiger partial charge in [0.05, 0.1) is 10.7 Å². The van der Waals surface area contributed by atoms with Crippen LogP contribution in [0.5, 0.6) is 0 Å². The molecule has 2 heterocycles. The summed E-state index contributed by atoms with van der Waals surface area (Å²) in [5.41, 5.74) is 0.623. The summed E-state index contributed by atoms with van der Waals surface area (Å²) in [5.74, 6) is 0.405. The van der Waals surface area contributed by atoms with E-state index < -0.39 is 10.0 Å². The summed E-state index contributed by atoms with van der Waals surface area (Å²) in [5, 5.41) is 3.94. The van der Waals surface area contributed by atoms with Gasteiger partial charge in [0.1, 0.15) is 0 Å². The second-order valence-corrected chi connectivity index (χ2v) is 8.37. The molecule has 0 saturated carbocycles. The van der Waals surface area contributed by atoms with Crippen LogP contribution >= 0.6 is 11.3 Å². The summed E-state index contributed by atoms with van der Waals surface area (Å²) < 4.78 is 27.3. The third-order valence-corrected chi connectivity index (χ3v) is 6.93. The van der Waals surface area contributed by atoms with Crippen molar-refractivity contribution in [3.8, 4) is 0 Å². The SMILES string of the molecule is CNC[C@H]1CCCN(S(=O)(=O)c2sc(C)nc2C)C1. The van der Waals surface area contributed by atoms with E-state index in [0.29, 0.717) is 28.9 Å². The molecule has 0 aliphatic carbocycles. The zero-order valence-corrected chi connectivity index (χ0v) is 13.3. The molecular weight excluding hydrogens is 282 g/mol. The number of rotatable bonds is 4. The highest BCUT2D eigenvalue weighted by Gasteiger charge is 2.32. The van der Waals surface area contributed by atoms with Crippen molar-refractivity contribution in [2.75, 3.05) is 26.7 Å². The van der Waals surface area contributed by atoms with E-state index in [0.717, 1.165) is 24.4 Å². The van der Waals surface area contributed by atoms with Crippen LogP contribution in [0.15, 0.2) is 4.21 Å². The summed E-state index contributed by atoms with van der Waals surface area (Å²) in [6, 6.07) is 0. The molecule has 108 valence electrons. The largest absolute Gasteiger partial charge is 0.319 e. The molecule has 0 radical (unpaired) electrons. The zero-order chi connectivity index (χ0) is 14.0. The highest BCUT2D eigenvalue weighted by Crippen LogP contribution is 2.29. The Bertz CT molecular complexity index is 537. The van der Waals surface area contributed by atoms with E-state index in [2.05, 4.69) is 10.3 Å². The van der Waals surface area contributed by atoms with Gasteiger partial charge in [0, 0.05) is 13.1 Å². The first kappa shape index (κ1) is 14.9. The summed E-state index contributed by atoms with van der Waals surface area (Å²) in [7, 11) is -1.45. The first-order chi connectivity index (χ1) is 8.95. The lowest BCUT2D eigenvalue weighted by atomic mass is 10.00. The molecule has 1 aromatic heterocycles. The molecule has 1 fully saturated rings. The Labute approximate surface area is 119 Å². The maximum absolute atomic E-state index is 12.6. The van der Waals surface area contributed by atoms with Gasteiger partial charge in [-0.1, -0.05) is 0 Å². The van der Waals surface area contributed by atoms with Crippen LogP contribution in [0.4, 0.5) is 0 Å². The summed E-state index contributed by atoms with van der Waals surface area (Å²) >= 11 is 1.27. The summed E-state index contributed by atoms with van der Waals surface area (Å²) in [4.78, 5) is 4.23. The van der Waals surface area contributed by atoms with Gasteiger partial charge in [0.2, 0.25) is 0 Å². The zero-order valence-electron chi connectivity index (χ0n) is 11.6. The average Bonchev–Trinajstić information content (AvgIpc) is 2.70. The molecule has 1 saturated heterocycles. The van der Waals surface area contributed by atoms with Gasteiger partial charge >= 0.3 is 0 Å². The molecule has 2 rings (SSSR count). The molecule has 0 amide bonds. The van der Waals surface area contributed by atoms with E-state index in [9.17, 15) is 8.42 Å². The molecule has 0 unspecified atom stereocenters. The highest BCUT2D eigenvalue weighted by molar-refractivity contribution is 7.91. The first-order valence-electron chi connectivity index (χ1n) is 6.54. The number of aromatic nitrogens is 1. The number of piperidine rings is 1. The Morgan fingerprint density at radius 2 is 2.21 bits per heavy atom. The van der Waals surface area contributed by atoms with Crippen LogP contribution in [0.3, 0.4) is 0 Å². The van der Waals surface area contributed by atoms with Crippen LogP contribution in [0.1, 0.15) is 23.5 Å². The molecule has 1 aliphatic rings. The fourth-order valence-corrected chi connectivity index (χ4v) is 5.74. The number of aryl methyl sites for hydroxylation is 2. The third-order valence-electron chi connectivity index (χ3n) is 3.41. The number of hydrogen-bond donors (Lipinski definition) is 1. The van der Waals surface area contributed by atoms with E-state index >= 15 is 0 Å². The van der Waals surface area contributed by atoms with E-state index in [1.807, 2.05) is 14.0 Å². The molecule has 0 bridgehead atoms. The minimum Gasteiger partial charge on any atom is -0.319 e. The summed E-state index contributed by atoms with van der Waals surface area (Å²) in [6.07, 6.45) is 2.02. The maximum atomic E-state index is 12.6. The number of nitrogens with zero attached hydrogens (tertiary/aromatic N) is 2. The minimum atomic E-state index is -3.36. The topological polar surface area (TPSA) is 62.3 Å². The number of sulfonamides is 1. The van der Waals surface area contributed by atoms with E-state index in [4.69, 9.17) is 0 Å². The lowest BCUT2D eigenvalue weighted by Crippen LogP contribution is -2.42. The fraction of sp³-hybridized carbons (Fsp3) is 0.750. The molecule has 1 N–H and O–H groups in total. The Balaban J connectivity index is 2.22. The van der Waals surface area contributed by atoms with Crippen molar-refractivity contribution in [2.45, 2.75) is 30.9 Å². The van der Waals surface area contributed by atoms with Crippen molar-refractivity contribution in [2.24, 2.45) is 5.92 Å². The fourth-order valence-electron chi connectivity index (χ4n) is 2.57. The lowest BCUT2D eigenvalue weighted by molar-refractivity contribution is 0.263. The van der Waals surface area contributed by atoms with Gasteiger partial charge < -0.3 is 5.32 Å². The van der Waals surface area contributed by atoms with Crippen molar-refractivity contribution in [1.29, 1.82) is 0 Å². The molecule has 1 aliphatic heterocycles. The quantitative estimate of drug-likeness (QED) is 0.913. The third kappa shape index (κ3) is 3.16. The second-order valence-electron chi connectivity index (χ2n) is 5.03. The Kier molecular flexibility index (Phi) is 4.60. The number of thiazole rings is 1. The molecule has 19 heavy (non-hydrogen) atoms. The van der Waals surface area contributed by atoms with E-state index in [1.54, 1.807) is 11.2 Å². The van der Waals surface area contributed by atoms with Gasteiger partial charge in [0.15, 0.2) is 4.21 Å². The molecule has 7 heteroatoms. The van der Waals surface area contributed by atoms with Crippen molar-refractivity contribution < 1.29 is 8.42 Å². The van der Waals surface area contributed by atoms with Crippen molar-refractivity contribution in [3.63, 3.8) is 0 Å². The predicted molar refractivity (Wildman–Crippen MR) is 77.0 cm³/mol. The number of nitrogens with one attached hydrogen (secondary N) is 1. The molecular formula is C12H21N3O2S2. The Morgan fingerprint density at radius 1 is 1.47 bits per heavy atom. The van der Waals surface area contributed by atoms with Crippen molar-refractivity contribution >= 4 is 21.4 Å². The molecule has 1 aromatic rings. The molecule has 0 spiro atoms. The predicted octanol–water partition coefficient (Wildman–Crippen LogP) is 1.38. The van der Waals surface area contributed by atoms with Gasteiger partial charge in [-0.05, 0) is 46.2 Å². The standard InChI is InChI=1S/C12H21N3O2S2/c1-9-12(18-10(2)14-9)19(16,17)15-6-4-5-11(8-15)7-13-3/h11,13H,4-8H2,1-3H3/t11-/m1/s1. The van der Waals surface area contributed by atoms with Crippen molar-refractivity contribution in [3.05, 3.63) is 10.7 Å². The van der Waals surface area contributed by atoms with Crippen LogP contribution in [0.25, 0.3) is 0 Å². The van der Waals surface area contributed by atoms with Crippen molar-refractivity contribution in [1.82, 2.24) is 14.6 Å². The van der Waals surface area contributed by atoms with Crippen LogP contribution in [-0.4, -0.2) is 44.4 Å². The van der Waals surface area contributed by atoms with Crippen LogP contribution in [0, 0.1) is 19.8 Å². The van der Waals surface area contributed by atoms with Crippen LogP contribution in [-0.2, 0) is 10.0 Å². The van der Waals surface area contributed by atoms with Crippen LogP contribution in [0.2, 0.25) is 0 Å². The van der Waals surface area contributed by atoms with Crippen LogP contribution < -0.4 is 5.32 Å². The smallest absolute Gasteiger partial charge is 0.254 e. The summed E-state index contributed by atoms with van der Waals surface area (Å²) in [6.45, 7) is 5.72. The minimum absolute atomic E-state index is 0.405. The second kappa shape index (κ2) is 5.87. The first-order valence-corrected chi connectivity index (χ1v) is 8.79. The van der Waals surface area contributed by atoms with E-state index in [-0.39, 0.29) is 0 Å². The number of hydrogen-bond acceptors (Lipinski definition) is 5. The average molecular weight is 303 g/mol. The van der Waals surface area contributed by atoms with Gasteiger partial charge in [0.25, 0.3) is 10.0 Å². The maximum Gasteiger partial charge on any atom is 0.254 e. The Morgan fingerprint density at radius 3 is 2.79 bits per heavy atom. The monoisotopic (exact) mass is 303 g/mol. The van der Waals surface area contributed by atoms with Gasteiger partial charge in [-0.15, -0.1) is 11.3 Å². The Hall–Kier alpha value is -0.500. The van der Waals surface area contributed by atoms with E-state index in [1.165, 1.54) is 11.3 Å². The molecule has 5 nitrogen and oxygen atoms in total. The highest BCUT2D eigenvalue weighted by atomic mass is 32.2. The molecule has 1 atom stereocenters. The van der Waals surface area contributed by atoms with Gasteiger partial charge in [-0.25, -0.2) is 13.4 Å². The normalized spacial score (nSPS) is 21.7. The molecule has 0 aromatic carbocycles. The lowest BCUT2D eigenvalue weighted by Gasteiger charge is -2.31. The van der Waals surface area contributed by atoms with Gasteiger partial charge in [-0.3, -0.25) is 0 Å². The van der Waals surface area contributed by atoms with Gasteiger partial charge in [-0.2, -0.15) is 4.31 Å².